The van der Waals surface area contributed by atoms with Crippen molar-refractivity contribution in [3.8, 4) is 5.69 Å². The molecule has 3 aromatic rings. The number of hydrogen-bond acceptors (Lipinski definition) is 1. The zero-order valence-electron chi connectivity index (χ0n) is 9.75. The zero-order chi connectivity index (χ0) is 14.4. The summed E-state index contributed by atoms with van der Waals surface area (Å²) in [6, 6.07) is 6.80. The van der Waals surface area contributed by atoms with Gasteiger partial charge in [0.15, 0.2) is 4.77 Å². The first-order valence-corrected chi connectivity index (χ1v) is 6.69. The molecule has 3 rings (SSSR count). The molecule has 0 fully saturated rings. The molecular formula is C13H6Cl2F2N2S. The van der Waals surface area contributed by atoms with Crippen molar-refractivity contribution in [2.75, 3.05) is 0 Å². The Morgan fingerprint density at radius 3 is 2.50 bits per heavy atom. The van der Waals surface area contributed by atoms with Gasteiger partial charge in [-0.25, -0.2) is 8.78 Å². The fourth-order valence-corrected chi connectivity index (χ4v) is 2.63. The van der Waals surface area contributed by atoms with E-state index in [9.17, 15) is 8.78 Å². The summed E-state index contributed by atoms with van der Waals surface area (Å²) < 4.78 is 29.3. The first-order chi connectivity index (χ1) is 9.47. The molecule has 0 saturated heterocycles. The summed E-state index contributed by atoms with van der Waals surface area (Å²) in [6.45, 7) is 0. The molecule has 0 radical (unpaired) electrons. The van der Waals surface area contributed by atoms with E-state index < -0.39 is 11.6 Å². The van der Waals surface area contributed by atoms with Gasteiger partial charge in [-0.2, -0.15) is 0 Å². The van der Waals surface area contributed by atoms with Gasteiger partial charge in [-0.15, -0.1) is 0 Å². The van der Waals surface area contributed by atoms with Gasteiger partial charge in [0.1, 0.15) is 11.6 Å². The first kappa shape index (κ1) is 13.5. The molecule has 0 saturated carbocycles. The summed E-state index contributed by atoms with van der Waals surface area (Å²) in [5, 5.41) is 0.240. The van der Waals surface area contributed by atoms with Gasteiger partial charge in [0.2, 0.25) is 0 Å². The van der Waals surface area contributed by atoms with Crippen molar-refractivity contribution in [1.29, 1.82) is 0 Å². The van der Waals surface area contributed by atoms with E-state index in [1.165, 1.54) is 34.9 Å². The highest BCUT2D eigenvalue weighted by Crippen LogP contribution is 2.27. The summed E-state index contributed by atoms with van der Waals surface area (Å²) >= 11 is 16.6. The maximum atomic E-state index is 14.0. The lowest BCUT2D eigenvalue weighted by molar-refractivity contribution is 0.617. The van der Waals surface area contributed by atoms with E-state index in [-0.39, 0.29) is 20.5 Å². The molecule has 0 amide bonds. The second kappa shape index (κ2) is 4.84. The van der Waals surface area contributed by atoms with E-state index in [0.717, 1.165) is 0 Å². The van der Waals surface area contributed by atoms with Crippen LogP contribution < -0.4 is 0 Å². The van der Waals surface area contributed by atoms with E-state index in [1.54, 1.807) is 0 Å². The normalized spacial score (nSPS) is 11.2. The number of rotatable bonds is 1. The van der Waals surface area contributed by atoms with Gasteiger partial charge >= 0.3 is 0 Å². The van der Waals surface area contributed by atoms with Crippen LogP contribution in [0, 0.1) is 16.4 Å². The molecule has 20 heavy (non-hydrogen) atoms. The van der Waals surface area contributed by atoms with Gasteiger partial charge in [0.25, 0.3) is 0 Å². The van der Waals surface area contributed by atoms with E-state index in [2.05, 4.69) is 4.98 Å². The van der Waals surface area contributed by atoms with Crippen molar-refractivity contribution in [2.45, 2.75) is 0 Å². The van der Waals surface area contributed by atoms with Crippen LogP contribution in [0.2, 0.25) is 10.0 Å². The predicted molar refractivity (Wildman–Crippen MR) is 78.4 cm³/mol. The van der Waals surface area contributed by atoms with Gasteiger partial charge in [0.05, 0.1) is 21.7 Å². The van der Waals surface area contributed by atoms with Crippen LogP contribution in [0.4, 0.5) is 8.78 Å². The molecule has 0 aliphatic rings. The number of H-pyrrole nitrogens is 1. The number of halogens is 4. The second-order valence-electron chi connectivity index (χ2n) is 4.14. The fourth-order valence-electron chi connectivity index (χ4n) is 2.00. The third-order valence-corrected chi connectivity index (χ3v) is 3.68. The molecule has 2 nitrogen and oxygen atoms in total. The smallest absolute Gasteiger partial charge is 0.182 e. The lowest BCUT2D eigenvalue weighted by Gasteiger charge is -2.06. The number of benzene rings is 2. The molecule has 1 heterocycles. The number of imidazole rings is 1. The Bertz CT molecular complexity index is 886. The van der Waals surface area contributed by atoms with E-state index in [1.807, 2.05) is 0 Å². The molecule has 7 heteroatoms. The first-order valence-electron chi connectivity index (χ1n) is 5.52. The molecule has 0 spiro atoms. The van der Waals surface area contributed by atoms with E-state index >= 15 is 0 Å². The number of nitrogens with zero attached hydrogens (tertiary/aromatic N) is 1. The zero-order valence-corrected chi connectivity index (χ0v) is 12.1. The second-order valence-corrected chi connectivity index (χ2v) is 5.38. The molecule has 0 unspecified atom stereocenters. The van der Waals surface area contributed by atoms with Crippen molar-refractivity contribution in [3.63, 3.8) is 0 Å². The average molecular weight is 331 g/mol. The number of fused-ring (bicyclic) bond motifs is 1. The molecule has 0 aliphatic heterocycles. The third kappa shape index (κ3) is 2.12. The van der Waals surface area contributed by atoms with Crippen LogP contribution in [-0.4, -0.2) is 9.55 Å². The Balaban J connectivity index is 2.39. The molecule has 1 aromatic heterocycles. The topological polar surface area (TPSA) is 20.7 Å². The van der Waals surface area contributed by atoms with Crippen molar-refractivity contribution < 1.29 is 8.78 Å². The number of aromatic amines is 1. The number of aromatic nitrogens is 2. The van der Waals surface area contributed by atoms with Crippen LogP contribution in [0.5, 0.6) is 0 Å². The minimum Gasteiger partial charge on any atom is -0.330 e. The molecule has 1 N–H and O–H groups in total. The van der Waals surface area contributed by atoms with E-state index in [0.29, 0.717) is 11.0 Å². The Kier molecular flexibility index (Phi) is 3.28. The highest BCUT2D eigenvalue weighted by Gasteiger charge is 2.13. The van der Waals surface area contributed by atoms with Crippen LogP contribution >= 0.6 is 35.4 Å². The predicted octanol–water partition coefficient (Wildman–Crippen LogP) is 5.27. The summed E-state index contributed by atoms with van der Waals surface area (Å²) in [5.41, 5.74) is 1.11. The van der Waals surface area contributed by atoms with Crippen LogP contribution in [-0.2, 0) is 0 Å². The van der Waals surface area contributed by atoms with Crippen molar-refractivity contribution in [3.05, 3.63) is 56.8 Å². The summed E-state index contributed by atoms with van der Waals surface area (Å²) in [7, 11) is 0. The van der Waals surface area contributed by atoms with E-state index in [4.69, 9.17) is 35.4 Å². The molecular weight excluding hydrogens is 325 g/mol. The minimum atomic E-state index is -0.601. The van der Waals surface area contributed by atoms with Gasteiger partial charge in [-0.05, 0) is 36.5 Å². The van der Waals surface area contributed by atoms with Gasteiger partial charge in [-0.1, -0.05) is 23.2 Å². The monoisotopic (exact) mass is 330 g/mol. The average Bonchev–Trinajstić information content (AvgIpc) is 2.66. The molecule has 2 aromatic carbocycles. The Morgan fingerprint density at radius 1 is 1.05 bits per heavy atom. The lowest BCUT2D eigenvalue weighted by Crippen LogP contribution is -1.98. The van der Waals surface area contributed by atoms with Crippen molar-refractivity contribution in [2.24, 2.45) is 0 Å². The molecule has 0 aliphatic carbocycles. The lowest BCUT2D eigenvalue weighted by atomic mass is 10.2. The van der Waals surface area contributed by atoms with Crippen LogP contribution in [0.15, 0.2) is 30.3 Å². The largest absolute Gasteiger partial charge is 0.330 e. The van der Waals surface area contributed by atoms with Crippen molar-refractivity contribution >= 4 is 46.5 Å². The third-order valence-electron chi connectivity index (χ3n) is 2.87. The van der Waals surface area contributed by atoms with Crippen molar-refractivity contribution in [1.82, 2.24) is 9.55 Å². The Morgan fingerprint density at radius 2 is 1.80 bits per heavy atom. The molecule has 0 atom stereocenters. The summed E-state index contributed by atoms with van der Waals surface area (Å²) in [4.78, 5) is 2.86. The summed E-state index contributed by atoms with van der Waals surface area (Å²) in [5.74, 6) is -1.15. The van der Waals surface area contributed by atoms with Crippen LogP contribution in [0.1, 0.15) is 0 Å². The van der Waals surface area contributed by atoms with Crippen LogP contribution in [0.3, 0.4) is 0 Å². The fraction of sp³-hybridized carbons (Fsp3) is 0. The van der Waals surface area contributed by atoms with Gasteiger partial charge < -0.3 is 4.98 Å². The van der Waals surface area contributed by atoms with Crippen LogP contribution in [0.25, 0.3) is 16.7 Å². The highest BCUT2D eigenvalue weighted by atomic mass is 35.5. The summed E-state index contributed by atoms with van der Waals surface area (Å²) in [6.07, 6.45) is 0. The number of hydrogen-bond donors (Lipinski definition) is 1. The molecule has 102 valence electrons. The maximum Gasteiger partial charge on any atom is 0.182 e. The SMILES string of the molecule is Fc1cc2c(cc1Cl)[nH]c(=S)n2-c1ccc(Cl)cc1F. The Hall–Kier alpha value is -1.43. The maximum absolute atomic E-state index is 14.0. The highest BCUT2D eigenvalue weighted by molar-refractivity contribution is 7.71. The van der Waals surface area contributed by atoms with Gasteiger partial charge in [-0.3, -0.25) is 4.57 Å². The quantitative estimate of drug-likeness (QED) is 0.602. The minimum absolute atomic E-state index is 0.0301. The Labute approximate surface area is 127 Å². The molecule has 0 bridgehead atoms. The number of nitrogens with one attached hydrogen (secondary N) is 1. The van der Waals surface area contributed by atoms with Gasteiger partial charge in [0, 0.05) is 11.1 Å². The standard InChI is InChI=1S/C13H6Cl2F2N2S/c14-6-1-2-11(9(17)3-6)19-12-5-8(16)7(15)4-10(12)18-13(19)20/h1-5H,(H,18,20).